The molecular weight excluding hydrogens is 248 g/mol. The lowest BCUT2D eigenvalue weighted by atomic mass is 10.2. The molecule has 0 N–H and O–H groups in total. The lowest BCUT2D eigenvalue weighted by Crippen LogP contribution is -2.10. The van der Waals surface area contributed by atoms with Gasteiger partial charge >= 0.3 is 0 Å². The first kappa shape index (κ1) is 12.2. The molecule has 0 amide bonds. The van der Waals surface area contributed by atoms with Gasteiger partial charge in [0.1, 0.15) is 10.8 Å². The smallest absolute Gasteiger partial charge is 0.290 e. The largest absolute Gasteiger partial charge is 0.350 e. The number of rotatable bonds is 4. The van der Waals surface area contributed by atoms with E-state index in [1.165, 1.54) is 12.1 Å². The van der Waals surface area contributed by atoms with Crippen LogP contribution in [-0.4, -0.2) is 29.4 Å². The molecule has 1 aliphatic rings. The molecule has 0 aromatic carbocycles. The second-order valence-electron chi connectivity index (χ2n) is 3.57. The van der Waals surface area contributed by atoms with E-state index in [1.54, 1.807) is 0 Å². The maximum absolute atomic E-state index is 10.8. The van der Waals surface area contributed by atoms with Gasteiger partial charge in [-0.05, 0) is 6.07 Å². The quantitative estimate of drug-likeness (QED) is 0.469. The van der Waals surface area contributed by atoms with Crippen molar-refractivity contribution in [1.82, 2.24) is 4.98 Å². The predicted octanol–water partition coefficient (Wildman–Crippen LogP) is 1.95. The number of pyridine rings is 1. The summed E-state index contributed by atoms with van der Waals surface area (Å²) in [5.41, 5.74) is 0.342. The van der Waals surface area contributed by atoms with E-state index in [9.17, 15) is 10.1 Å². The van der Waals surface area contributed by atoms with Crippen LogP contribution in [0.15, 0.2) is 12.1 Å². The summed E-state index contributed by atoms with van der Waals surface area (Å²) >= 11 is 5.72. The van der Waals surface area contributed by atoms with E-state index in [0.717, 1.165) is 0 Å². The molecule has 6 nitrogen and oxygen atoms in total. The van der Waals surface area contributed by atoms with Gasteiger partial charge in [-0.15, -0.1) is 0 Å². The Kier molecular flexibility index (Phi) is 3.88. The van der Waals surface area contributed by atoms with Gasteiger partial charge in [0, 0.05) is 18.9 Å². The molecule has 0 bridgehead atoms. The summed E-state index contributed by atoms with van der Waals surface area (Å²) in [5.74, 6) is 0. The maximum atomic E-state index is 10.8. The summed E-state index contributed by atoms with van der Waals surface area (Å²) < 4.78 is 10.5. The third-order valence-electron chi connectivity index (χ3n) is 2.42. The van der Waals surface area contributed by atoms with E-state index < -0.39 is 4.92 Å². The van der Waals surface area contributed by atoms with Crippen molar-refractivity contribution in [3.8, 4) is 0 Å². The van der Waals surface area contributed by atoms with Crippen LogP contribution < -0.4 is 0 Å². The van der Waals surface area contributed by atoms with Gasteiger partial charge < -0.3 is 9.47 Å². The van der Waals surface area contributed by atoms with Crippen LogP contribution in [-0.2, 0) is 15.9 Å². The van der Waals surface area contributed by atoms with Gasteiger partial charge in [-0.25, -0.2) is 4.98 Å². The summed E-state index contributed by atoms with van der Waals surface area (Å²) in [6.07, 6.45) is 0.644. The Morgan fingerprint density at radius 2 is 2.18 bits per heavy atom. The van der Waals surface area contributed by atoms with Crippen LogP contribution in [0.25, 0.3) is 0 Å². The third-order valence-corrected chi connectivity index (χ3v) is 2.63. The number of aromatic nitrogens is 1. The molecule has 0 unspecified atom stereocenters. The summed E-state index contributed by atoms with van der Waals surface area (Å²) in [4.78, 5) is 14.3. The highest BCUT2D eigenvalue weighted by Gasteiger charge is 2.20. The van der Waals surface area contributed by atoms with Crippen molar-refractivity contribution in [1.29, 1.82) is 0 Å². The SMILES string of the molecule is O=[N+]([O-])c1ccc(Cl)nc1CCC1OCCO1. The summed E-state index contributed by atoms with van der Waals surface area (Å²) in [5, 5.41) is 11.0. The van der Waals surface area contributed by atoms with Crippen LogP contribution in [0, 0.1) is 10.1 Å². The van der Waals surface area contributed by atoms with Gasteiger partial charge in [0.15, 0.2) is 6.29 Å². The molecule has 1 saturated heterocycles. The molecule has 1 aliphatic heterocycles. The van der Waals surface area contributed by atoms with Gasteiger partial charge in [0.2, 0.25) is 0 Å². The van der Waals surface area contributed by atoms with Crippen LogP contribution >= 0.6 is 11.6 Å². The van der Waals surface area contributed by atoms with E-state index in [1.807, 2.05) is 0 Å². The third kappa shape index (κ3) is 3.12. The molecule has 1 aromatic heterocycles. The Bertz CT molecular complexity index is 421. The zero-order chi connectivity index (χ0) is 12.3. The second kappa shape index (κ2) is 5.39. The lowest BCUT2D eigenvalue weighted by Gasteiger charge is -2.08. The number of halogens is 1. The van der Waals surface area contributed by atoms with Crippen molar-refractivity contribution in [3.63, 3.8) is 0 Å². The number of aryl methyl sites for hydroxylation is 1. The molecule has 2 rings (SSSR count). The normalized spacial score (nSPS) is 16.3. The first-order valence-electron chi connectivity index (χ1n) is 5.20. The highest BCUT2D eigenvalue weighted by molar-refractivity contribution is 6.29. The molecule has 17 heavy (non-hydrogen) atoms. The van der Waals surface area contributed by atoms with Crippen LogP contribution in [0.3, 0.4) is 0 Å². The molecule has 0 saturated carbocycles. The van der Waals surface area contributed by atoms with Crippen LogP contribution in [0.5, 0.6) is 0 Å². The van der Waals surface area contributed by atoms with Crippen molar-refractivity contribution < 1.29 is 14.4 Å². The Labute approximate surface area is 103 Å². The first-order valence-corrected chi connectivity index (χ1v) is 5.57. The monoisotopic (exact) mass is 258 g/mol. The molecule has 7 heteroatoms. The number of nitrogens with zero attached hydrogens (tertiary/aromatic N) is 2. The van der Waals surface area contributed by atoms with Gasteiger partial charge in [-0.3, -0.25) is 10.1 Å². The Balaban J connectivity index is 2.07. The zero-order valence-corrected chi connectivity index (χ0v) is 9.72. The molecule has 0 radical (unpaired) electrons. The van der Waals surface area contributed by atoms with E-state index in [2.05, 4.69) is 4.98 Å². The van der Waals surface area contributed by atoms with Gasteiger partial charge in [-0.2, -0.15) is 0 Å². The summed E-state index contributed by atoms with van der Waals surface area (Å²) in [6, 6.07) is 2.77. The molecule has 0 spiro atoms. The Morgan fingerprint density at radius 1 is 1.47 bits per heavy atom. The van der Waals surface area contributed by atoms with Crippen LogP contribution in [0.4, 0.5) is 5.69 Å². The standard InChI is InChI=1S/C10H11ClN2O4/c11-9-3-2-8(13(14)15)7(12-9)1-4-10-16-5-6-17-10/h2-3,10H,1,4-6H2. The molecule has 92 valence electrons. The fourth-order valence-corrected chi connectivity index (χ4v) is 1.81. The highest BCUT2D eigenvalue weighted by Crippen LogP contribution is 2.22. The van der Waals surface area contributed by atoms with Crippen LogP contribution in [0.2, 0.25) is 5.15 Å². The van der Waals surface area contributed by atoms with Crippen molar-refractivity contribution >= 4 is 17.3 Å². The van der Waals surface area contributed by atoms with Gasteiger partial charge in [-0.1, -0.05) is 11.6 Å². The first-order chi connectivity index (χ1) is 8.16. The fraction of sp³-hybridized carbons (Fsp3) is 0.500. The number of hydrogen-bond donors (Lipinski definition) is 0. The molecule has 1 aromatic rings. The van der Waals surface area contributed by atoms with E-state index in [0.29, 0.717) is 31.7 Å². The molecular formula is C10H11ClN2O4. The minimum absolute atomic E-state index is 0.0209. The Morgan fingerprint density at radius 3 is 2.82 bits per heavy atom. The number of ether oxygens (including phenoxy) is 2. The average molecular weight is 259 g/mol. The van der Waals surface area contributed by atoms with Crippen LogP contribution in [0.1, 0.15) is 12.1 Å². The van der Waals surface area contributed by atoms with Crippen molar-refractivity contribution in [2.75, 3.05) is 13.2 Å². The number of hydrogen-bond acceptors (Lipinski definition) is 5. The van der Waals surface area contributed by atoms with E-state index in [-0.39, 0.29) is 17.1 Å². The lowest BCUT2D eigenvalue weighted by molar-refractivity contribution is -0.386. The van der Waals surface area contributed by atoms with Gasteiger partial charge in [0.05, 0.1) is 18.1 Å². The molecule has 2 heterocycles. The Hall–Kier alpha value is -1.24. The minimum Gasteiger partial charge on any atom is -0.350 e. The number of nitro groups is 1. The minimum atomic E-state index is -0.463. The maximum Gasteiger partial charge on any atom is 0.290 e. The highest BCUT2D eigenvalue weighted by atomic mass is 35.5. The topological polar surface area (TPSA) is 74.5 Å². The zero-order valence-electron chi connectivity index (χ0n) is 8.97. The van der Waals surface area contributed by atoms with Crippen molar-refractivity contribution in [2.45, 2.75) is 19.1 Å². The van der Waals surface area contributed by atoms with E-state index in [4.69, 9.17) is 21.1 Å². The summed E-state index contributed by atoms with van der Waals surface area (Å²) in [7, 11) is 0. The van der Waals surface area contributed by atoms with Crippen molar-refractivity contribution in [2.24, 2.45) is 0 Å². The summed E-state index contributed by atoms with van der Waals surface area (Å²) in [6.45, 7) is 1.13. The fourth-order valence-electron chi connectivity index (χ4n) is 1.65. The molecule has 1 fully saturated rings. The van der Waals surface area contributed by atoms with E-state index >= 15 is 0 Å². The average Bonchev–Trinajstić information content (AvgIpc) is 2.78. The van der Waals surface area contributed by atoms with Gasteiger partial charge in [0.25, 0.3) is 5.69 Å². The van der Waals surface area contributed by atoms with Crippen molar-refractivity contribution in [3.05, 3.63) is 33.1 Å². The molecule has 0 aliphatic carbocycles. The predicted molar refractivity (Wildman–Crippen MR) is 59.9 cm³/mol. The second-order valence-corrected chi connectivity index (χ2v) is 3.95. The molecule has 0 atom stereocenters.